The van der Waals surface area contributed by atoms with Crippen LogP contribution in [0.5, 0.6) is 5.75 Å². The SMILES string of the molecule is COc1cccc2c(NCCc3nc(C4CC4)n[nH]3)nc(N3CCCC(OCC(F)(F)F)C3)nc12. The first-order valence-corrected chi connectivity index (χ1v) is 11.8. The Morgan fingerprint density at radius 2 is 2.03 bits per heavy atom. The number of hydrogen-bond donors (Lipinski definition) is 2. The van der Waals surface area contributed by atoms with Gasteiger partial charge in [0.25, 0.3) is 0 Å². The van der Waals surface area contributed by atoms with E-state index in [-0.39, 0.29) is 6.54 Å². The molecule has 5 rings (SSSR count). The van der Waals surface area contributed by atoms with Crippen molar-refractivity contribution in [2.45, 2.75) is 50.3 Å². The van der Waals surface area contributed by atoms with E-state index in [9.17, 15) is 13.2 Å². The summed E-state index contributed by atoms with van der Waals surface area (Å²) in [6.07, 6.45) is -0.707. The van der Waals surface area contributed by atoms with Crippen molar-refractivity contribution in [2.75, 3.05) is 43.6 Å². The molecule has 0 amide bonds. The van der Waals surface area contributed by atoms with Crippen molar-refractivity contribution in [1.29, 1.82) is 0 Å². The predicted octanol–water partition coefficient (Wildman–Crippen LogP) is 3.84. The van der Waals surface area contributed by atoms with Gasteiger partial charge in [0.1, 0.15) is 29.5 Å². The van der Waals surface area contributed by atoms with Crippen LogP contribution in [0.2, 0.25) is 0 Å². The first-order valence-electron chi connectivity index (χ1n) is 11.8. The number of para-hydroxylation sites is 1. The normalized spacial score (nSPS) is 18.7. The lowest BCUT2D eigenvalue weighted by Gasteiger charge is -2.33. The van der Waals surface area contributed by atoms with Gasteiger partial charge in [-0.15, -0.1) is 0 Å². The van der Waals surface area contributed by atoms with E-state index in [0.717, 1.165) is 29.9 Å². The second kappa shape index (κ2) is 9.84. The van der Waals surface area contributed by atoms with Crippen LogP contribution < -0.4 is 15.0 Å². The number of anilines is 2. The lowest BCUT2D eigenvalue weighted by atomic mass is 10.1. The Bertz CT molecular complexity index is 1170. The van der Waals surface area contributed by atoms with Crippen molar-refractivity contribution in [1.82, 2.24) is 25.1 Å². The molecule has 12 heteroatoms. The van der Waals surface area contributed by atoms with Crippen LogP contribution in [-0.4, -0.2) is 70.8 Å². The maximum atomic E-state index is 12.6. The van der Waals surface area contributed by atoms with E-state index in [0.29, 0.717) is 61.3 Å². The van der Waals surface area contributed by atoms with Gasteiger partial charge in [-0.05, 0) is 37.8 Å². The number of halogens is 3. The molecule has 1 saturated carbocycles. The lowest BCUT2D eigenvalue weighted by Crippen LogP contribution is -2.41. The van der Waals surface area contributed by atoms with Crippen molar-refractivity contribution >= 4 is 22.7 Å². The molecule has 2 N–H and O–H groups in total. The standard InChI is InChI=1S/C23H28F3N7O2/c1-34-17-6-2-5-16-19(17)29-22(33-11-3-4-15(12-33)35-13-23(24,25)26)30-21(16)27-10-9-18-28-20(32-31-18)14-7-8-14/h2,5-6,14-15H,3-4,7-13H2,1H3,(H,27,29,30)(H,28,31,32). The summed E-state index contributed by atoms with van der Waals surface area (Å²) in [6.45, 7) is 0.236. The Labute approximate surface area is 200 Å². The van der Waals surface area contributed by atoms with Crippen LogP contribution in [0.1, 0.15) is 43.3 Å². The van der Waals surface area contributed by atoms with E-state index >= 15 is 0 Å². The first-order chi connectivity index (χ1) is 16.9. The molecular weight excluding hydrogens is 463 g/mol. The molecule has 1 saturated heterocycles. The highest BCUT2D eigenvalue weighted by Gasteiger charge is 2.31. The number of aromatic amines is 1. The van der Waals surface area contributed by atoms with Crippen molar-refractivity contribution in [3.8, 4) is 5.75 Å². The van der Waals surface area contributed by atoms with Crippen molar-refractivity contribution in [3.05, 3.63) is 29.8 Å². The van der Waals surface area contributed by atoms with Gasteiger partial charge in [-0.2, -0.15) is 23.3 Å². The molecule has 0 spiro atoms. The first kappa shape index (κ1) is 23.6. The van der Waals surface area contributed by atoms with Crippen molar-refractivity contribution in [2.24, 2.45) is 0 Å². The molecular formula is C23H28F3N7O2. The molecule has 3 aromatic rings. The van der Waals surface area contributed by atoms with Gasteiger partial charge in [0.05, 0.1) is 13.2 Å². The summed E-state index contributed by atoms with van der Waals surface area (Å²) >= 11 is 0. The fraction of sp³-hybridized carbons (Fsp3) is 0.565. The van der Waals surface area contributed by atoms with Gasteiger partial charge in [0, 0.05) is 37.4 Å². The fourth-order valence-electron chi connectivity index (χ4n) is 4.27. The summed E-state index contributed by atoms with van der Waals surface area (Å²) in [5.41, 5.74) is 0.636. The van der Waals surface area contributed by atoms with Gasteiger partial charge in [0.15, 0.2) is 5.82 Å². The van der Waals surface area contributed by atoms with Crippen LogP contribution in [0, 0.1) is 0 Å². The molecule has 2 aromatic heterocycles. The number of fused-ring (bicyclic) bond motifs is 1. The average molecular weight is 492 g/mol. The molecule has 2 fully saturated rings. The van der Waals surface area contributed by atoms with Crippen LogP contribution >= 0.6 is 0 Å². The van der Waals surface area contributed by atoms with Gasteiger partial charge in [-0.1, -0.05) is 6.07 Å². The highest BCUT2D eigenvalue weighted by Crippen LogP contribution is 2.37. The number of ether oxygens (including phenoxy) is 2. The van der Waals surface area contributed by atoms with Crippen molar-refractivity contribution in [3.63, 3.8) is 0 Å². The Balaban J connectivity index is 1.34. The number of rotatable bonds is 9. The van der Waals surface area contributed by atoms with Crippen molar-refractivity contribution < 1.29 is 22.6 Å². The van der Waals surface area contributed by atoms with Crippen LogP contribution in [0.3, 0.4) is 0 Å². The molecule has 1 atom stereocenters. The second-order valence-corrected chi connectivity index (χ2v) is 8.96. The zero-order chi connectivity index (χ0) is 24.4. The van der Waals surface area contributed by atoms with E-state index in [1.165, 1.54) is 0 Å². The number of H-pyrrole nitrogens is 1. The molecule has 1 aliphatic carbocycles. The zero-order valence-electron chi connectivity index (χ0n) is 19.4. The summed E-state index contributed by atoms with van der Waals surface area (Å²) in [5, 5.41) is 11.5. The number of aromatic nitrogens is 5. The largest absolute Gasteiger partial charge is 0.494 e. The van der Waals surface area contributed by atoms with Crippen LogP contribution in [-0.2, 0) is 11.2 Å². The fourth-order valence-corrected chi connectivity index (χ4v) is 4.27. The number of hydrogen-bond acceptors (Lipinski definition) is 8. The van der Waals surface area contributed by atoms with E-state index in [1.54, 1.807) is 7.11 Å². The lowest BCUT2D eigenvalue weighted by molar-refractivity contribution is -0.185. The molecule has 1 aliphatic heterocycles. The average Bonchev–Trinajstić information content (AvgIpc) is 3.60. The molecule has 3 heterocycles. The van der Waals surface area contributed by atoms with Gasteiger partial charge in [-0.25, -0.2) is 9.97 Å². The van der Waals surface area contributed by atoms with E-state index in [1.807, 2.05) is 23.1 Å². The third kappa shape index (κ3) is 5.75. The van der Waals surface area contributed by atoms with E-state index in [4.69, 9.17) is 19.4 Å². The predicted molar refractivity (Wildman–Crippen MR) is 124 cm³/mol. The Morgan fingerprint density at radius 3 is 2.80 bits per heavy atom. The van der Waals surface area contributed by atoms with Crippen LogP contribution in [0.25, 0.3) is 10.9 Å². The quantitative estimate of drug-likeness (QED) is 0.466. The summed E-state index contributed by atoms with van der Waals surface area (Å²) in [5.74, 6) is 3.84. The summed E-state index contributed by atoms with van der Waals surface area (Å²) in [7, 11) is 1.58. The Hall–Kier alpha value is -3.15. The van der Waals surface area contributed by atoms with Gasteiger partial charge in [-0.3, -0.25) is 5.10 Å². The number of nitrogens with zero attached hydrogens (tertiary/aromatic N) is 5. The summed E-state index contributed by atoms with van der Waals surface area (Å²) < 4.78 is 48.5. The topological polar surface area (TPSA) is 101 Å². The number of methoxy groups -OCH3 is 1. The molecule has 35 heavy (non-hydrogen) atoms. The minimum absolute atomic E-state index is 0.290. The molecule has 0 radical (unpaired) electrons. The highest BCUT2D eigenvalue weighted by atomic mass is 19.4. The minimum atomic E-state index is -4.35. The van der Waals surface area contributed by atoms with Crippen LogP contribution in [0.15, 0.2) is 18.2 Å². The number of benzene rings is 1. The van der Waals surface area contributed by atoms with Gasteiger partial charge < -0.3 is 19.7 Å². The van der Waals surface area contributed by atoms with Gasteiger partial charge >= 0.3 is 6.18 Å². The maximum absolute atomic E-state index is 12.6. The summed E-state index contributed by atoms with van der Waals surface area (Å²) in [4.78, 5) is 15.9. The minimum Gasteiger partial charge on any atom is -0.494 e. The molecule has 9 nitrogen and oxygen atoms in total. The molecule has 2 aliphatic rings. The number of alkyl halides is 3. The van der Waals surface area contributed by atoms with Gasteiger partial charge in [0.2, 0.25) is 5.95 Å². The molecule has 1 aromatic carbocycles. The zero-order valence-corrected chi connectivity index (χ0v) is 19.4. The highest BCUT2D eigenvalue weighted by molar-refractivity contribution is 5.94. The number of piperidine rings is 1. The maximum Gasteiger partial charge on any atom is 0.411 e. The Morgan fingerprint density at radius 1 is 1.17 bits per heavy atom. The van der Waals surface area contributed by atoms with E-state index in [2.05, 4.69) is 20.5 Å². The third-order valence-electron chi connectivity index (χ3n) is 6.19. The van der Waals surface area contributed by atoms with Crippen LogP contribution in [0.4, 0.5) is 24.9 Å². The monoisotopic (exact) mass is 491 g/mol. The third-order valence-corrected chi connectivity index (χ3v) is 6.19. The summed E-state index contributed by atoms with van der Waals surface area (Å²) in [6, 6.07) is 5.60. The molecule has 188 valence electrons. The molecule has 0 bridgehead atoms. The second-order valence-electron chi connectivity index (χ2n) is 8.96. The van der Waals surface area contributed by atoms with E-state index < -0.39 is 18.9 Å². The molecule has 1 unspecified atom stereocenters. The Kier molecular flexibility index (Phi) is 6.63. The smallest absolute Gasteiger partial charge is 0.411 e. The number of nitrogens with one attached hydrogen (secondary N) is 2.